The van der Waals surface area contributed by atoms with Crippen molar-refractivity contribution in [3.63, 3.8) is 0 Å². The highest BCUT2D eigenvalue weighted by molar-refractivity contribution is 7.92. The maximum Gasteiger partial charge on any atom is 0.253 e. The van der Waals surface area contributed by atoms with E-state index in [1.807, 2.05) is 6.92 Å². The molecule has 1 unspecified atom stereocenters. The van der Waals surface area contributed by atoms with Gasteiger partial charge in [-0.1, -0.05) is 25.4 Å². The molecule has 0 spiro atoms. The van der Waals surface area contributed by atoms with E-state index in [9.17, 15) is 23.1 Å². The predicted molar refractivity (Wildman–Crippen MR) is 126 cm³/mol. The summed E-state index contributed by atoms with van der Waals surface area (Å²) in [5.41, 5.74) is -2.93. The van der Waals surface area contributed by atoms with Crippen molar-refractivity contribution in [2.75, 3.05) is 17.7 Å². The van der Waals surface area contributed by atoms with Gasteiger partial charge in [0, 0.05) is 7.11 Å². The first-order valence-electron chi connectivity index (χ1n) is 10.3. The zero-order chi connectivity index (χ0) is 24.5. The number of methoxy groups -OCH3 is 1. The number of sulfone groups is 1. The summed E-state index contributed by atoms with van der Waals surface area (Å²) in [6.45, 7) is 5.29. The van der Waals surface area contributed by atoms with Gasteiger partial charge in [0.1, 0.15) is 27.8 Å². The van der Waals surface area contributed by atoms with E-state index in [2.05, 4.69) is 10.6 Å². The molecule has 3 rings (SSSR count). The minimum atomic E-state index is -4.14. The molecule has 0 bridgehead atoms. The van der Waals surface area contributed by atoms with Crippen molar-refractivity contribution in [1.82, 2.24) is 0 Å². The molecule has 0 aliphatic heterocycles. The molecular weight excluding hydrogens is 472 g/mol. The van der Waals surface area contributed by atoms with E-state index < -0.39 is 36.8 Å². The Bertz CT molecular complexity index is 1340. The smallest absolute Gasteiger partial charge is 0.253 e. The van der Waals surface area contributed by atoms with E-state index >= 15 is 0 Å². The number of aromatic hydroxyl groups is 1. The summed E-state index contributed by atoms with van der Waals surface area (Å²) in [5, 5.41) is 16.2. The van der Waals surface area contributed by atoms with Crippen LogP contribution in [0.5, 0.6) is 5.75 Å². The highest BCUT2D eigenvalue weighted by Crippen LogP contribution is 2.41. The summed E-state index contributed by atoms with van der Waals surface area (Å²) in [7, 11) is -2.90. The summed E-state index contributed by atoms with van der Waals surface area (Å²) in [5.74, 6) is 0.627. The first kappa shape index (κ1) is 24.8. The third kappa shape index (κ3) is 4.50. The van der Waals surface area contributed by atoms with Crippen LogP contribution in [-0.2, 0) is 14.6 Å². The van der Waals surface area contributed by atoms with E-state index in [-0.39, 0.29) is 34.5 Å². The number of rotatable bonds is 10. The molecular formula is C22H25ClN2O7S. The number of furan rings is 1. The standard InChI is InChI=1S/C22H25ClN2O7S/c1-5-13(15-10-7-11(3)32-15)24-17-18(21(28)20(17)27)25-14-9-8-12(23)22(19(14)26)33(29,30)16(6-2)31-4/h7-10,13,16,24-26H,5-6H2,1-4H3/t13-,16?/m1/s1. The Labute approximate surface area is 195 Å². The normalized spacial score (nSPS) is 13.7. The molecule has 1 aromatic heterocycles. The quantitative estimate of drug-likeness (QED) is 0.281. The lowest BCUT2D eigenvalue weighted by Crippen LogP contribution is -2.37. The average molecular weight is 497 g/mol. The van der Waals surface area contributed by atoms with Gasteiger partial charge in [0.2, 0.25) is 9.84 Å². The van der Waals surface area contributed by atoms with Crippen LogP contribution in [0.25, 0.3) is 0 Å². The Hall–Kier alpha value is -2.82. The molecule has 0 fully saturated rings. The van der Waals surface area contributed by atoms with Crippen molar-refractivity contribution in [2.24, 2.45) is 0 Å². The monoisotopic (exact) mass is 496 g/mol. The number of anilines is 3. The molecule has 3 aromatic rings. The van der Waals surface area contributed by atoms with Gasteiger partial charge in [-0.2, -0.15) is 0 Å². The van der Waals surface area contributed by atoms with Crippen LogP contribution < -0.4 is 21.5 Å². The summed E-state index contributed by atoms with van der Waals surface area (Å²) < 4.78 is 36.5. The van der Waals surface area contributed by atoms with Crippen LogP contribution in [-0.4, -0.2) is 26.1 Å². The van der Waals surface area contributed by atoms with Gasteiger partial charge < -0.3 is 24.9 Å². The van der Waals surface area contributed by atoms with Crippen LogP contribution in [0.15, 0.2) is 43.2 Å². The zero-order valence-electron chi connectivity index (χ0n) is 18.6. The number of halogens is 1. The Morgan fingerprint density at radius 3 is 2.30 bits per heavy atom. The van der Waals surface area contributed by atoms with Crippen LogP contribution >= 0.6 is 11.6 Å². The van der Waals surface area contributed by atoms with Crippen molar-refractivity contribution in [3.05, 3.63) is 61.3 Å². The molecule has 3 N–H and O–H groups in total. The number of ether oxygens (including phenoxy) is 1. The fraction of sp³-hybridized carbons (Fsp3) is 0.364. The van der Waals surface area contributed by atoms with Crippen molar-refractivity contribution >= 4 is 38.5 Å². The SMILES string of the molecule is CCC(OC)S(=O)(=O)c1c(Cl)ccc(Nc2c(N[C@H](CC)c3ccc(C)o3)c(=O)c2=O)c1O. The summed E-state index contributed by atoms with van der Waals surface area (Å²) in [6.07, 6.45) is 0.693. The summed E-state index contributed by atoms with van der Waals surface area (Å²) in [6, 6.07) is 5.79. The fourth-order valence-corrected chi connectivity index (χ4v) is 5.68. The Morgan fingerprint density at radius 2 is 1.76 bits per heavy atom. The van der Waals surface area contributed by atoms with Crippen LogP contribution in [0, 0.1) is 6.92 Å². The topological polar surface area (TPSA) is 135 Å². The van der Waals surface area contributed by atoms with Crippen molar-refractivity contribution < 1.29 is 22.7 Å². The fourth-order valence-electron chi connectivity index (χ4n) is 3.53. The summed E-state index contributed by atoms with van der Waals surface area (Å²) in [4.78, 5) is 24.0. The van der Waals surface area contributed by atoms with Crippen molar-refractivity contribution in [3.8, 4) is 5.75 Å². The van der Waals surface area contributed by atoms with Gasteiger partial charge in [0.15, 0.2) is 11.2 Å². The van der Waals surface area contributed by atoms with Gasteiger partial charge in [-0.3, -0.25) is 9.59 Å². The Balaban J connectivity index is 1.98. The van der Waals surface area contributed by atoms with E-state index in [0.717, 1.165) is 0 Å². The number of aryl methyl sites for hydroxylation is 1. The lowest BCUT2D eigenvalue weighted by molar-refractivity contribution is 0.160. The number of nitrogens with one attached hydrogen (secondary N) is 2. The van der Waals surface area contributed by atoms with Crippen molar-refractivity contribution in [2.45, 2.75) is 50.0 Å². The molecule has 0 amide bonds. The summed E-state index contributed by atoms with van der Waals surface area (Å²) >= 11 is 6.09. The largest absolute Gasteiger partial charge is 0.504 e. The lowest BCUT2D eigenvalue weighted by Gasteiger charge is -2.21. The molecule has 2 atom stereocenters. The lowest BCUT2D eigenvalue weighted by atomic mass is 10.1. The molecule has 33 heavy (non-hydrogen) atoms. The van der Waals surface area contributed by atoms with Gasteiger partial charge in [-0.05, 0) is 44.0 Å². The first-order valence-corrected chi connectivity index (χ1v) is 12.2. The number of benzene rings is 1. The molecule has 1 heterocycles. The van der Waals surface area contributed by atoms with Gasteiger partial charge in [-0.15, -0.1) is 0 Å². The molecule has 11 heteroatoms. The highest BCUT2D eigenvalue weighted by atomic mass is 35.5. The van der Waals surface area contributed by atoms with Crippen LogP contribution in [0.4, 0.5) is 17.1 Å². The molecule has 9 nitrogen and oxygen atoms in total. The Kier molecular flexibility index (Phi) is 7.20. The first-order chi connectivity index (χ1) is 15.6. The van der Waals surface area contributed by atoms with Gasteiger partial charge >= 0.3 is 0 Å². The van der Waals surface area contributed by atoms with E-state index in [1.54, 1.807) is 26.0 Å². The highest BCUT2D eigenvalue weighted by Gasteiger charge is 2.33. The molecule has 0 saturated heterocycles. The molecule has 2 aromatic carbocycles. The molecule has 178 valence electrons. The third-order valence-corrected chi connectivity index (χ3v) is 7.94. The van der Waals surface area contributed by atoms with Gasteiger partial charge in [0.25, 0.3) is 10.9 Å². The minimum Gasteiger partial charge on any atom is -0.504 e. The second kappa shape index (κ2) is 9.58. The number of hydrogen-bond donors (Lipinski definition) is 3. The molecule has 0 aliphatic carbocycles. The van der Waals surface area contributed by atoms with E-state index in [0.29, 0.717) is 17.9 Å². The van der Waals surface area contributed by atoms with Crippen LogP contribution in [0.2, 0.25) is 5.02 Å². The second-order valence-corrected chi connectivity index (χ2v) is 9.91. The zero-order valence-corrected chi connectivity index (χ0v) is 20.1. The number of phenols is 1. The number of hydrogen-bond acceptors (Lipinski definition) is 9. The maximum atomic E-state index is 12.9. The number of phenolic OH excluding ortho intramolecular Hbond substituents is 1. The van der Waals surface area contributed by atoms with Crippen LogP contribution in [0.3, 0.4) is 0 Å². The molecule has 0 aliphatic rings. The van der Waals surface area contributed by atoms with Crippen molar-refractivity contribution in [1.29, 1.82) is 0 Å². The van der Waals surface area contributed by atoms with Gasteiger partial charge in [0.05, 0.1) is 16.8 Å². The Morgan fingerprint density at radius 1 is 1.09 bits per heavy atom. The average Bonchev–Trinajstić information content (AvgIpc) is 3.20. The minimum absolute atomic E-state index is 0.0167. The van der Waals surface area contributed by atoms with E-state index in [1.165, 1.54) is 19.2 Å². The molecule has 0 radical (unpaired) electrons. The van der Waals surface area contributed by atoms with Crippen LogP contribution in [0.1, 0.15) is 44.3 Å². The molecule has 0 saturated carbocycles. The van der Waals surface area contributed by atoms with E-state index in [4.69, 9.17) is 20.8 Å². The third-order valence-electron chi connectivity index (χ3n) is 5.31. The second-order valence-electron chi connectivity index (χ2n) is 7.48. The predicted octanol–water partition coefficient (Wildman–Crippen LogP) is 4.01. The van der Waals surface area contributed by atoms with Gasteiger partial charge in [-0.25, -0.2) is 8.42 Å². The maximum absolute atomic E-state index is 12.9.